The summed E-state index contributed by atoms with van der Waals surface area (Å²) in [5.74, 6) is 2.48. The van der Waals surface area contributed by atoms with E-state index in [1.807, 2.05) is 4.90 Å². The number of aromatic amines is 1. The van der Waals surface area contributed by atoms with Crippen LogP contribution in [0.25, 0.3) is 0 Å². The second-order valence-corrected chi connectivity index (χ2v) is 7.06. The Balaban J connectivity index is 1.43. The Kier molecular flexibility index (Phi) is 3.70. The Labute approximate surface area is 141 Å². The predicted octanol–water partition coefficient (Wildman–Crippen LogP) is 1.53. The quantitative estimate of drug-likeness (QED) is 0.925. The maximum Gasteiger partial charge on any atom is 0.271 e. The lowest BCUT2D eigenvalue weighted by Gasteiger charge is -2.22. The molecule has 0 saturated carbocycles. The number of fused-ring (bicyclic) bond motifs is 1. The van der Waals surface area contributed by atoms with E-state index in [-0.39, 0.29) is 5.91 Å². The van der Waals surface area contributed by atoms with Gasteiger partial charge >= 0.3 is 0 Å². The minimum absolute atomic E-state index is 0.0533. The van der Waals surface area contributed by atoms with Crippen LogP contribution in [0, 0.1) is 11.8 Å². The maximum atomic E-state index is 12.4. The van der Waals surface area contributed by atoms with E-state index in [2.05, 4.69) is 44.7 Å². The number of amides is 1. The minimum atomic E-state index is 0.0533. The van der Waals surface area contributed by atoms with Gasteiger partial charge in [0.25, 0.3) is 5.91 Å². The molecule has 2 atom stereocenters. The van der Waals surface area contributed by atoms with Crippen molar-refractivity contribution in [2.45, 2.75) is 19.8 Å². The van der Waals surface area contributed by atoms with Crippen LogP contribution in [0.3, 0.4) is 0 Å². The first-order valence-corrected chi connectivity index (χ1v) is 8.46. The Hall–Kier alpha value is -2.44. The molecule has 7 nitrogen and oxygen atoms in total. The number of aromatic nitrogens is 4. The highest BCUT2D eigenvalue weighted by molar-refractivity contribution is 5.92. The van der Waals surface area contributed by atoms with Crippen LogP contribution >= 0.6 is 0 Å². The molecule has 0 radical (unpaired) electrons. The van der Waals surface area contributed by atoms with Crippen molar-refractivity contribution in [2.75, 3.05) is 31.1 Å². The van der Waals surface area contributed by atoms with E-state index < -0.39 is 0 Å². The molecule has 24 heavy (non-hydrogen) atoms. The third kappa shape index (κ3) is 2.64. The zero-order valence-electron chi connectivity index (χ0n) is 14.0. The van der Waals surface area contributed by atoms with E-state index in [0.717, 1.165) is 37.7 Å². The maximum absolute atomic E-state index is 12.4. The fraction of sp³-hybridized carbons (Fsp3) is 0.529. The molecule has 0 aliphatic carbocycles. The van der Waals surface area contributed by atoms with Gasteiger partial charge in [0.2, 0.25) is 0 Å². The summed E-state index contributed by atoms with van der Waals surface area (Å²) < 4.78 is 0. The van der Waals surface area contributed by atoms with Gasteiger partial charge in [-0.2, -0.15) is 0 Å². The Bertz CT molecular complexity index is 714. The minimum Gasteiger partial charge on any atom is -0.356 e. The number of H-pyrrole nitrogens is 1. The topological polar surface area (TPSA) is 78.0 Å². The van der Waals surface area contributed by atoms with Crippen LogP contribution in [-0.2, 0) is 0 Å². The first-order chi connectivity index (χ1) is 11.6. The summed E-state index contributed by atoms with van der Waals surface area (Å²) in [5, 5.41) is 0. The van der Waals surface area contributed by atoms with Crippen molar-refractivity contribution < 1.29 is 4.79 Å². The van der Waals surface area contributed by atoms with Crippen LogP contribution in [0.2, 0.25) is 0 Å². The third-order valence-electron chi connectivity index (χ3n) is 5.09. The molecule has 2 fully saturated rings. The van der Waals surface area contributed by atoms with Crippen molar-refractivity contribution >= 4 is 11.7 Å². The van der Waals surface area contributed by atoms with Gasteiger partial charge < -0.3 is 14.8 Å². The summed E-state index contributed by atoms with van der Waals surface area (Å²) in [6, 6.07) is 2.10. The predicted molar refractivity (Wildman–Crippen MR) is 89.8 cm³/mol. The molecule has 2 saturated heterocycles. The normalized spacial score (nSPS) is 23.1. The number of carbonyl (C=O) groups is 1. The lowest BCUT2D eigenvalue weighted by Crippen LogP contribution is -2.33. The first-order valence-electron chi connectivity index (χ1n) is 8.46. The van der Waals surface area contributed by atoms with Crippen molar-refractivity contribution in [3.63, 3.8) is 0 Å². The SMILES string of the molecule is CC(C)c1cc(N2CC3CN(C(=O)c4cnc[nH]4)CC3C2)ncn1. The highest BCUT2D eigenvalue weighted by Gasteiger charge is 2.42. The van der Waals surface area contributed by atoms with Crippen molar-refractivity contribution in [2.24, 2.45) is 11.8 Å². The summed E-state index contributed by atoms with van der Waals surface area (Å²) in [7, 11) is 0. The molecule has 2 aromatic rings. The molecular formula is C17H22N6O. The van der Waals surface area contributed by atoms with E-state index >= 15 is 0 Å². The molecule has 1 amide bonds. The van der Waals surface area contributed by atoms with Crippen LogP contribution in [0.4, 0.5) is 5.82 Å². The fourth-order valence-electron chi connectivity index (χ4n) is 3.74. The molecule has 2 aromatic heterocycles. The lowest BCUT2D eigenvalue weighted by molar-refractivity contribution is 0.0777. The molecular weight excluding hydrogens is 304 g/mol. The number of imidazole rings is 1. The number of hydrogen-bond acceptors (Lipinski definition) is 5. The summed E-state index contributed by atoms with van der Waals surface area (Å²) in [6.07, 6.45) is 4.80. The van der Waals surface area contributed by atoms with Gasteiger partial charge in [-0.25, -0.2) is 15.0 Å². The molecule has 2 aliphatic rings. The summed E-state index contributed by atoms with van der Waals surface area (Å²) >= 11 is 0. The Morgan fingerprint density at radius 3 is 2.58 bits per heavy atom. The van der Waals surface area contributed by atoms with E-state index in [4.69, 9.17) is 0 Å². The molecule has 2 unspecified atom stereocenters. The molecule has 7 heteroatoms. The van der Waals surface area contributed by atoms with E-state index in [1.165, 1.54) is 0 Å². The molecule has 0 aromatic carbocycles. The van der Waals surface area contributed by atoms with Gasteiger partial charge in [0, 0.05) is 49.8 Å². The van der Waals surface area contributed by atoms with Gasteiger partial charge in [0.1, 0.15) is 17.8 Å². The number of hydrogen-bond donors (Lipinski definition) is 1. The number of likely N-dealkylation sites (tertiary alicyclic amines) is 1. The molecule has 2 aliphatic heterocycles. The third-order valence-corrected chi connectivity index (χ3v) is 5.09. The molecule has 4 rings (SSSR count). The second-order valence-electron chi connectivity index (χ2n) is 7.06. The summed E-state index contributed by atoms with van der Waals surface area (Å²) in [4.78, 5) is 32.3. The van der Waals surface area contributed by atoms with Crippen molar-refractivity contribution in [1.82, 2.24) is 24.8 Å². The number of rotatable bonds is 3. The van der Waals surface area contributed by atoms with Gasteiger partial charge in [0.15, 0.2) is 0 Å². The van der Waals surface area contributed by atoms with Crippen molar-refractivity contribution in [1.29, 1.82) is 0 Å². The average molecular weight is 326 g/mol. The van der Waals surface area contributed by atoms with Crippen LogP contribution in [0.15, 0.2) is 24.9 Å². The summed E-state index contributed by atoms with van der Waals surface area (Å²) in [6.45, 7) is 7.80. The standard InChI is InChI=1S/C17H22N6O/c1-11(2)14-3-16(21-10-20-14)22-5-12-7-23(8-13(12)6-22)17(24)15-4-18-9-19-15/h3-4,9-13H,5-8H2,1-2H3,(H,18,19). The smallest absolute Gasteiger partial charge is 0.271 e. The van der Waals surface area contributed by atoms with E-state index in [9.17, 15) is 4.79 Å². The zero-order chi connectivity index (χ0) is 16.7. The average Bonchev–Trinajstić information content (AvgIpc) is 3.30. The Morgan fingerprint density at radius 1 is 1.21 bits per heavy atom. The van der Waals surface area contributed by atoms with Gasteiger partial charge in [-0.05, 0) is 5.92 Å². The monoisotopic (exact) mass is 326 g/mol. The lowest BCUT2D eigenvalue weighted by atomic mass is 10.0. The highest BCUT2D eigenvalue weighted by atomic mass is 16.2. The second kappa shape index (κ2) is 5.89. The number of nitrogens with one attached hydrogen (secondary N) is 1. The molecule has 1 N–H and O–H groups in total. The van der Waals surface area contributed by atoms with Crippen LogP contribution in [-0.4, -0.2) is 56.9 Å². The summed E-state index contributed by atoms with van der Waals surface area (Å²) in [5.41, 5.74) is 1.65. The first kappa shape index (κ1) is 15.1. The van der Waals surface area contributed by atoms with Crippen molar-refractivity contribution in [3.8, 4) is 0 Å². The van der Waals surface area contributed by atoms with Gasteiger partial charge in [0.05, 0.1) is 12.5 Å². The fourth-order valence-corrected chi connectivity index (χ4v) is 3.74. The number of nitrogens with zero attached hydrogens (tertiary/aromatic N) is 5. The zero-order valence-corrected chi connectivity index (χ0v) is 14.0. The molecule has 0 spiro atoms. The van der Waals surface area contributed by atoms with Crippen molar-refractivity contribution in [3.05, 3.63) is 36.3 Å². The van der Waals surface area contributed by atoms with Gasteiger partial charge in [-0.15, -0.1) is 0 Å². The molecule has 0 bridgehead atoms. The number of carbonyl (C=O) groups excluding carboxylic acids is 1. The van der Waals surface area contributed by atoms with Gasteiger partial charge in [-0.1, -0.05) is 13.8 Å². The Morgan fingerprint density at radius 2 is 1.96 bits per heavy atom. The highest BCUT2D eigenvalue weighted by Crippen LogP contribution is 2.34. The number of anilines is 1. The van der Waals surface area contributed by atoms with E-state index in [0.29, 0.717) is 23.4 Å². The van der Waals surface area contributed by atoms with E-state index in [1.54, 1.807) is 18.9 Å². The van der Waals surface area contributed by atoms with Crippen LogP contribution in [0.5, 0.6) is 0 Å². The van der Waals surface area contributed by atoms with Crippen LogP contribution in [0.1, 0.15) is 35.9 Å². The largest absolute Gasteiger partial charge is 0.356 e. The van der Waals surface area contributed by atoms with Crippen LogP contribution < -0.4 is 4.90 Å². The molecule has 4 heterocycles. The molecule has 126 valence electrons. The van der Waals surface area contributed by atoms with Gasteiger partial charge in [-0.3, -0.25) is 4.79 Å².